The van der Waals surface area contributed by atoms with Crippen LogP contribution in [0.4, 0.5) is 0 Å². The Morgan fingerprint density at radius 1 is 0.735 bits per heavy atom. The predicted molar refractivity (Wildman–Crippen MR) is 144 cm³/mol. The molecule has 34 heavy (non-hydrogen) atoms. The Bertz CT molecular complexity index is 994. The van der Waals surface area contributed by atoms with Crippen molar-refractivity contribution in [2.45, 2.75) is 52.6 Å². The first-order valence-corrected chi connectivity index (χ1v) is 17.3. The van der Waals surface area contributed by atoms with Gasteiger partial charge in [0, 0.05) is 0 Å². The Labute approximate surface area is 210 Å². The molecule has 0 unspecified atom stereocenters. The van der Waals surface area contributed by atoms with Crippen LogP contribution in [-0.2, 0) is 39.5 Å². The summed E-state index contributed by atoms with van der Waals surface area (Å²) in [5.41, 5.74) is 4.71. The van der Waals surface area contributed by atoms with E-state index < -0.39 is 15.9 Å². The summed E-state index contributed by atoms with van der Waals surface area (Å²) in [5, 5.41) is 4.22. The third-order valence-electron chi connectivity index (χ3n) is 5.83. The van der Waals surface area contributed by atoms with Crippen LogP contribution in [0.5, 0.6) is 0 Å². The van der Waals surface area contributed by atoms with Gasteiger partial charge in [-0.1, -0.05) is 0 Å². The summed E-state index contributed by atoms with van der Waals surface area (Å²) >= 11 is 3.46. The molecule has 0 N–H and O–H groups in total. The van der Waals surface area contributed by atoms with E-state index in [9.17, 15) is 0 Å². The molecule has 0 atom stereocenters. The number of benzene rings is 1. The first-order valence-electron chi connectivity index (χ1n) is 11.7. The Morgan fingerprint density at radius 3 is 1.44 bits per heavy atom. The second-order valence-electron chi connectivity index (χ2n) is 8.31. The number of thiophene rings is 2. The molecule has 2 saturated heterocycles. The van der Waals surface area contributed by atoms with Crippen LogP contribution in [-0.4, -0.2) is 25.8 Å². The quantitative estimate of drug-likeness (QED) is 0.242. The van der Waals surface area contributed by atoms with Gasteiger partial charge < -0.3 is 0 Å². The van der Waals surface area contributed by atoms with Crippen LogP contribution in [0.25, 0.3) is 20.9 Å². The van der Waals surface area contributed by atoms with E-state index in [1.807, 2.05) is 27.7 Å². The second-order valence-corrected chi connectivity index (χ2v) is 15.2. The summed E-state index contributed by atoms with van der Waals surface area (Å²) in [6.07, 6.45) is 0.836. The van der Waals surface area contributed by atoms with Crippen LogP contribution in [0.2, 0.25) is 0 Å². The third-order valence-corrected chi connectivity index (χ3v) is 13.5. The van der Waals surface area contributed by atoms with Gasteiger partial charge in [-0.2, -0.15) is 0 Å². The summed E-state index contributed by atoms with van der Waals surface area (Å²) < 4.78 is 36.6. The fourth-order valence-corrected chi connectivity index (χ4v) is 11.5. The summed E-state index contributed by atoms with van der Waals surface area (Å²) in [5.74, 6) is 0. The molecule has 0 bridgehead atoms. The molecule has 10 heteroatoms. The van der Waals surface area contributed by atoms with Gasteiger partial charge in [0.15, 0.2) is 0 Å². The zero-order valence-corrected chi connectivity index (χ0v) is 23.5. The molecule has 0 spiro atoms. The maximum atomic E-state index is 6.10. The fraction of sp³-hybridized carbons (Fsp3) is 0.417. The zero-order valence-electron chi connectivity index (χ0n) is 19.9. The molecule has 2 aliphatic heterocycles. The Hall–Kier alpha value is -0.760. The van der Waals surface area contributed by atoms with Gasteiger partial charge in [0.05, 0.1) is 0 Å². The molecule has 5 rings (SSSR count). The molecule has 0 aliphatic carbocycles. The van der Waals surface area contributed by atoms with Gasteiger partial charge >= 0.3 is 211 Å². The minimum absolute atomic E-state index is 0.216. The third kappa shape index (κ3) is 5.05. The van der Waals surface area contributed by atoms with Gasteiger partial charge in [-0.3, -0.25) is 0 Å². The average Bonchev–Trinajstić information content (AvgIpc) is 3.47. The average molecular weight is 543 g/mol. The molecular formula is C24H32O6P2S2. The summed E-state index contributed by atoms with van der Waals surface area (Å²) in [4.78, 5) is 2.41. The summed E-state index contributed by atoms with van der Waals surface area (Å²) in [6.45, 7) is 8.95. The van der Waals surface area contributed by atoms with Crippen LogP contribution >= 0.6 is 38.6 Å². The van der Waals surface area contributed by atoms with Crippen molar-refractivity contribution in [2.24, 2.45) is 0 Å². The van der Waals surface area contributed by atoms with Gasteiger partial charge in [-0.05, 0) is 0 Å². The van der Waals surface area contributed by atoms with Crippen molar-refractivity contribution in [3.63, 3.8) is 0 Å². The summed E-state index contributed by atoms with van der Waals surface area (Å²) in [7, 11) is -5.47. The van der Waals surface area contributed by atoms with Crippen LogP contribution < -0.4 is 0 Å². The molecule has 186 valence electrons. The Kier molecular flexibility index (Phi) is 7.56. The van der Waals surface area contributed by atoms with E-state index >= 15 is 0 Å². The van der Waals surface area contributed by atoms with Crippen molar-refractivity contribution < 1.29 is 27.1 Å². The molecule has 4 heterocycles. The first-order chi connectivity index (χ1) is 16.4. The zero-order chi connectivity index (χ0) is 23.8. The molecule has 0 saturated carbocycles. The number of hydrogen-bond acceptors (Lipinski definition) is 8. The van der Waals surface area contributed by atoms with Gasteiger partial charge in [0.1, 0.15) is 0 Å². The van der Waals surface area contributed by atoms with Crippen LogP contribution in [0.1, 0.15) is 38.8 Å². The van der Waals surface area contributed by atoms with E-state index in [1.165, 1.54) is 32.0 Å². The monoisotopic (exact) mass is 542 g/mol. The SMILES string of the molecule is CCO[PH]1(Cc2cc(-c3cccs3)c(C[PH]3(OCC)OC(C)O3)cc2-c2cccs2)OC(C)O1. The normalized spacial score (nSPS) is 24.7. The molecule has 0 radical (unpaired) electrons. The van der Waals surface area contributed by atoms with Crippen LogP contribution in [0.15, 0.2) is 47.2 Å². The Morgan fingerprint density at radius 2 is 1.15 bits per heavy atom. The van der Waals surface area contributed by atoms with Crippen molar-refractivity contribution in [3.05, 3.63) is 58.3 Å². The second kappa shape index (κ2) is 10.3. The van der Waals surface area contributed by atoms with Gasteiger partial charge in [-0.25, -0.2) is 0 Å². The first kappa shape index (κ1) is 24.9. The van der Waals surface area contributed by atoms with E-state index in [4.69, 9.17) is 27.1 Å². The van der Waals surface area contributed by atoms with Crippen molar-refractivity contribution in [3.8, 4) is 20.9 Å². The maximum absolute atomic E-state index is 6.10. The van der Waals surface area contributed by atoms with Crippen molar-refractivity contribution in [2.75, 3.05) is 13.2 Å². The minimum atomic E-state index is -2.74. The van der Waals surface area contributed by atoms with Crippen LogP contribution in [0.3, 0.4) is 0 Å². The number of hydrogen-bond donors (Lipinski definition) is 0. The van der Waals surface area contributed by atoms with E-state index in [0.717, 1.165) is 0 Å². The molecule has 2 fully saturated rings. The Balaban J connectivity index is 1.60. The molecule has 6 nitrogen and oxygen atoms in total. The van der Waals surface area contributed by atoms with Gasteiger partial charge in [0.25, 0.3) is 0 Å². The molecule has 2 aliphatic rings. The number of rotatable bonds is 10. The molecule has 1 aromatic carbocycles. The van der Waals surface area contributed by atoms with Crippen molar-refractivity contribution in [1.29, 1.82) is 0 Å². The molecule has 0 amide bonds. The molecule has 2 aromatic heterocycles. The topological polar surface area (TPSA) is 55.4 Å². The molecular weight excluding hydrogens is 510 g/mol. The van der Waals surface area contributed by atoms with E-state index in [-0.39, 0.29) is 12.6 Å². The van der Waals surface area contributed by atoms with Gasteiger partial charge in [-0.15, -0.1) is 0 Å². The van der Waals surface area contributed by atoms with Crippen molar-refractivity contribution in [1.82, 2.24) is 0 Å². The fourth-order valence-electron chi connectivity index (χ4n) is 4.64. The van der Waals surface area contributed by atoms with Crippen LogP contribution in [0, 0.1) is 0 Å². The molecule has 3 aromatic rings. The summed E-state index contributed by atoms with van der Waals surface area (Å²) in [6, 6.07) is 13.1. The van der Waals surface area contributed by atoms with Gasteiger partial charge in [0.2, 0.25) is 0 Å². The standard InChI is InChI=1S/C24H32O6P2S2/c1-5-25-31(27-17(3)28-31)15-19-13-22(24-10-8-12-34-24)20(14-21(19)23-9-7-11-33-23)16-32(26-6-2)29-18(4)30-32/h7-14,17-18,31-32H,5-6,15-16H2,1-4H3. The van der Waals surface area contributed by atoms with E-state index in [0.29, 0.717) is 25.5 Å². The predicted octanol–water partition coefficient (Wildman–Crippen LogP) is 7.99. The van der Waals surface area contributed by atoms with Crippen molar-refractivity contribution >= 4 is 38.6 Å². The van der Waals surface area contributed by atoms with E-state index in [2.05, 4.69) is 47.2 Å². The van der Waals surface area contributed by atoms with E-state index in [1.54, 1.807) is 22.7 Å².